The summed E-state index contributed by atoms with van der Waals surface area (Å²) in [6.45, 7) is 0. The summed E-state index contributed by atoms with van der Waals surface area (Å²) in [7, 11) is 0. The van der Waals surface area contributed by atoms with Gasteiger partial charge in [-0.05, 0) is 5.56 Å². The predicted molar refractivity (Wildman–Crippen MR) is 71.0 cm³/mol. The van der Waals surface area contributed by atoms with Gasteiger partial charge < -0.3 is 10.5 Å². The molecule has 2 aliphatic rings. The second kappa shape index (κ2) is 4.94. The van der Waals surface area contributed by atoms with Gasteiger partial charge in [-0.25, -0.2) is 0 Å². The Morgan fingerprint density at radius 1 is 1.27 bits per heavy atom. The van der Waals surface area contributed by atoms with Crippen molar-refractivity contribution in [3.63, 3.8) is 0 Å². The molecule has 0 aliphatic carbocycles. The fourth-order valence-electron chi connectivity index (χ4n) is 2.81. The Kier molecular flexibility index (Phi) is 3.20. The van der Waals surface area contributed by atoms with Gasteiger partial charge in [0.15, 0.2) is 11.9 Å². The molecule has 1 aromatic rings. The number of rotatable bonds is 1. The molecule has 0 saturated carbocycles. The molecule has 0 radical (unpaired) electrons. The molecular weight excluding hydrogens is 297 g/mol. The van der Waals surface area contributed by atoms with Crippen LogP contribution in [0.3, 0.4) is 0 Å². The lowest BCUT2D eigenvalue weighted by Crippen LogP contribution is -2.45. The van der Waals surface area contributed by atoms with Gasteiger partial charge in [-0.3, -0.25) is 5.43 Å². The largest absolute Gasteiger partial charge is 0.453 e. The Labute approximate surface area is 123 Å². The van der Waals surface area contributed by atoms with Crippen molar-refractivity contribution in [2.24, 2.45) is 16.8 Å². The molecule has 0 fully saturated rings. The van der Waals surface area contributed by atoms with Crippen LogP contribution in [0.15, 0.2) is 46.9 Å². The number of hydrogen-bond donors (Lipinski definition) is 2. The smallest absolute Gasteiger partial charge is 0.431 e. The van der Waals surface area contributed by atoms with Crippen LogP contribution in [-0.4, -0.2) is 18.1 Å². The van der Waals surface area contributed by atoms with Gasteiger partial charge in [0.25, 0.3) is 0 Å². The Morgan fingerprint density at radius 3 is 2.55 bits per heavy atom. The van der Waals surface area contributed by atoms with E-state index in [4.69, 9.17) is 10.5 Å². The molecule has 0 bridgehead atoms. The molecule has 22 heavy (non-hydrogen) atoms. The monoisotopic (exact) mass is 308 g/mol. The second-order valence-electron chi connectivity index (χ2n) is 4.97. The molecule has 114 valence electrons. The van der Waals surface area contributed by atoms with Gasteiger partial charge in [0.1, 0.15) is 6.07 Å². The minimum absolute atomic E-state index is 0.0203. The summed E-state index contributed by atoms with van der Waals surface area (Å²) >= 11 is 0. The van der Waals surface area contributed by atoms with Crippen molar-refractivity contribution in [1.82, 2.24) is 5.43 Å². The van der Waals surface area contributed by atoms with Gasteiger partial charge in [-0.15, -0.1) is 0 Å². The molecule has 3 N–H and O–H groups in total. The Hall–Kier alpha value is -2.69. The third-order valence-corrected chi connectivity index (χ3v) is 3.71. The van der Waals surface area contributed by atoms with Crippen LogP contribution in [0, 0.1) is 17.2 Å². The van der Waals surface area contributed by atoms with Crippen LogP contribution in [0.4, 0.5) is 13.2 Å². The van der Waals surface area contributed by atoms with Gasteiger partial charge in [0.05, 0.1) is 11.5 Å². The molecule has 1 aromatic carbocycles. The lowest BCUT2D eigenvalue weighted by Gasteiger charge is -2.34. The molecule has 8 heteroatoms. The summed E-state index contributed by atoms with van der Waals surface area (Å²) in [4.78, 5) is 0. The lowest BCUT2D eigenvalue weighted by atomic mass is 9.76. The van der Waals surface area contributed by atoms with E-state index in [1.807, 2.05) is 6.07 Å². The summed E-state index contributed by atoms with van der Waals surface area (Å²) in [6, 6.07) is 10.3. The lowest BCUT2D eigenvalue weighted by molar-refractivity contribution is -0.0661. The Balaban J connectivity index is 2.14. The summed E-state index contributed by atoms with van der Waals surface area (Å²) in [5.41, 5.74) is 7.54. The Morgan fingerprint density at radius 2 is 1.95 bits per heavy atom. The molecule has 2 aliphatic heterocycles. The first-order chi connectivity index (χ1) is 10.4. The molecule has 0 unspecified atom stereocenters. The van der Waals surface area contributed by atoms with Crippen molar-refractivity contribution in [1.29, 1.82) is 5.26 Å². The van der Waals surface area contributed by atoms with Crippen LogP contribution in [-0.2, 0) is 4.74 Å². The fourth-order valence-corrected chi connectivity index (χ4v) is 2.81. The number of fused-ring (bicyclic) bond motifs is 1. The van der Waals surface area contributed by atoms with Crippen molar-refractivity contribution >= 4 is 5.71 Å². The van der Waals surface area contributed by atoms with Gasteiger partial charge in [-0.1, -0.05) is 30.3 Å². The third-order valence-electron chi connectivity index (χ3n) is 3.71. The van der Waals surface area contributed by atoms with Gasteiger partial charge in [0.2, 0.25) is 5.88 Å². The maximum atomic E-state index is 13.2. The maximum Gasteiger partial charge on any atom is 0.431 e. The Bertz CT molecular complexity index is 690. The van der Waals surface area contributed by atoms with E-state index in [1.165, 1.54) is 0 Å². The number of nitriles is 1. The normalized spacial score (nSPS) is 27.4. The minimum atomic E-state index is -4.62. The summed E-state index contributed by atoms with van der Waals surface area (Å²) in [6.07, 6.45) is -5.66. The van der Waals surface area contributed by atoms with Gasteiger partial charge in [0, 0.05) is 5.92 Å². The zero-order valence-corrected chi connectivity index (χ0v) is 11.1. The first-order valence-electron chi connectivity index (χ1n) is 6.45. The molecule has 3 rings (SSSR count). The van der Waals surface area contributed by atoms with Crippen molar-refractivity contribution in [2.45, 2.75) is 18.3 Å². The van der Waals surface area contributed by atoms with E-state index in [0.717, 1.165) is 0 Å². The van der Waals surface area contributed by atoms with Crippen LogP contribution >= 0.6 is 0 Å². The van der Waals surface area contributed by atoms with E-state index in [1.54, 1.807) is 30.3 Å². The molecule has 0 saturated heterocycles. The highest BCUT2D eigenvalue weighted by molar-refractivity contribution is 5.94. The molecule has 0 spiro atoms. The number of benzene rings is 1. The van der Waals surface area contributed by atoms with E-state index < -0.39 is 30.0 Å². The van der Waals surface area contributed by atoms with Crippen LogP contribution in [0.25, 0.3) is 0 Å². The average Bonchev–Trinajstić information content (AvgIpc) is 2.90. The molecule has 3 atom stereocenters. The number of nitrogens with two attached hydrogens (primary N) is 1. The second-order valence-corrected chi connectivity index (χ2v) is 4.97. The molecular formula is C14H11F3N4O. The van der Waals surface area contributed by atoms with Gasteiger partial charge >= 0.3 is 6.18 Å². The van der Waals surface area contributed by atoms with E-state index in [2.05, 4.69) is 10.5 Å². The zero-order valence-electron chi connectivity index (χ0n) is 11.1. The quantitative estimate of drug-likeness (QED) is 0.830. The number of hydrogen-bond acceptors (Lipinski definition) is 5. The highest BCUT2D eigenvalue weighted by Crippen LogP contribution is 2.44. The number of nitrogens with zero attached hydrogens (tertiary/aromatic N) is 2. The van der Waals surface area contributed by atoms with Crippen LogP contribution in [0.5, 0.6) is 0 Å². The van der Waals surface area contributed by atoms with Crippen LogP contribution in [0.2, 0.25) is 0 Å². The molecule has 2 heterocycles. The number of hydrazone groups is 1. The predicted octanol–water partition coefficient (Wildman–Crippen LogP) is 1.96. The van der Waals surface area contributed by atoms with E-state index >= 15 is 0 Å². The molecule has 0 amide bonds. The van der Waals surface area contributed by atoms with Crippen molar-refractivity contribution < 1.29 is 17.9 Å². The summed E-state index contributed by atoms with van der Waals surface area (Å²) in [5, 5.41) is 12.6. The average molecular weight is 308 g/mol. The van der Waals surface area contributed by atoms with E-state index in [0.29, 0.717) is 5.56 Å². The summed E-state index contributed by atoms with van der Waals surface area (Å²) in [5.74, 6) is -2.20. The van der Waals surface area contributed by atoms with E-state index in [-0.39, 0.29) is 11.5 Å². The topological polar surface area (TPSA) is 83.4 Å². The van der Waals surface area contributed by atoms with Crippen molar-refractivity contribution in [2.75, 3.05) is 0 Å². The maximum absolute atomic E-state index is 13.2. The number of nitrogens with one attached hydrogen (secondary N) is 1. The van der Waals surface area contributed by atoms with Crippen LogP contribution < -0.4 is 11.2 Å². The highest BCUT2D eigenvalue weighted by Gasteiger charge is 2.54. The summed E-state index contributed by atoms with van der Waals surface area (Å²) < 4.78 is 44.8. The molecule has 0 aromatic heterocycles. The number of halogens is 3. The zero-order chi connectivity index (χ0) is 15.9. The fraction of sp³-hybridized carbons (Fsp3) is 0.286. The first-order valence-corrected chi connectivity index (χ1v) is 6.45. The minimum Gasteiger partial charge on any atom is -0.453 e. The highest BCUT2D eigenvalue weighted by atomic mass is 19.4. The van der Waals surface area contributed by atoms with Gasteiger partial charge in [-0.2, -0.15) is 23.5 Å². The number of alkyl halides is 3. The standard InChI is InChI=1S/C14H11F3N4O/c15-14(16,17)11-10-9(7-4-2-1-3-5-7)8(6-18)12(19)22-13(10)21-20-11/h1-5,9-10,13,21H,19H2/t9-,10-,13+/m1/s1. The van der Waals surface area contributed by atoms with Crippen molar-refractivity contribution in [3.8, 4) is 6.07 Å². The molecule has 5 nitrogen and oxygen atoms in total. The van der Waals surface area contributed by atoms with Crippen LogP contribution in [0.1, 0.15) is 11.5 Å². The van der Waals surface area contributed by atoms with E-state index in [9.17, 15) is 18.4 Å². The first kappa shape index (κ1) is 14.3. The SMILES string of the molecule is N#CC1=C(N)O[C@@H]2NN=C(C(F)(F)F)[C@H]2[C@@H]1c1ccccc1. The number of ether oxygens (including phenoxy) is 1. The number of allylic oxidation sites excluding steroid dienone is 1. The third kappa shape index (κ3) is 2.15. The van der Waals surface area contributed by atoms with Crippen molar-refractivity contribution in [3.05, 3.63) is 47.4 Å².